The van der Waals surface area contributed by atoms with Crippen molar-refractivity contribution in [3.05, 3.63) is 36.4 Å². The van der Waals surface area contributed by atoms with E-state index in [0.717, 1.165) is 7.11 Å². The van der Waals surface area contributed by atoms with E-state index in [2.05, 4.69) is 4.74 Å². The molecule has 1 aromatic rings. The summed E-state index contributed by atoms with van der Waals surface area (Å²) in [4.78, 5) is 9.59. The Kier molecular flexibility index (Phi) is 29.3. The lowest BCUT2D eigenvalue weighted by atomic mass is 10.4. The number of carbonyl (C=O) groups excluding carboxylic acids is 1. The minimum absolute atomic E-state index is 0.245. The van der Waals surface area contributed by atoms with Crippen LogP contribution in [-0.4, -0.2) is 35.8 Å². The van der Waals surface area contributed by atoms with Crippen LogP contribution >= 0.6 is 0 Å². The average Bonchev–Trinajstić information content (AvgIpc) is 2.37. The van der Waals surface area contributed by atoms with Crippen LogP contribution in [0, 0.1) is 0 Å². The molecule has 0 amide bonds. The van der Waals surface area contributed by atoms with Gasteiger partial charge in [0.1, 0.15) is 0 Å². The molecule has 5 nitrogen and oxygen atoms in total. The molecule has 0 aromatic heterocycles. The SMILES string of the molecule is CO.COC(C)=O.OO.c1ccccc1. The quantitative estimate of drug-likeness (QED) is 0.349. The van der Waals surface area contributed by atoms with Crippen LogP contribution in [0.2, 0.25) is 0 Å². The van der Waals surface area contributed by atoms with E-state index in [4.69, 9.17) is 15.6 Å². The Labute approximate surface area is 89.5 Å². The van der Waals surface area contributed by atoms with E-state index >= 15 is 0 Å². The standard InChI is InChI=1S/C6H6.C3H6O2.CH4O.H2O2/c1-2-4-6-5-3-1;1-3(4)5-2;2*1-2/h1-6H;1-2H3;2H,1H3;1-2H. The lowest BCUT2D eigenvalue weighted by Gasteiger charge is -1.80. The maximum absolute atomic E-state index is 9.59. The fourth-order valence-electron chi connectivity index (χ4n) is 0.385. The number of rotatable bonds is 0. The van der Waals surface area contributed by atoms with Crippen LogP contribution in [0.4, 0.5) is 0 Å². The smallest absolute Gasteiger partial charge is 0.302 e. The lowest BCUT2D eigenvalue weighted by molar-refractivity contribution is -0.176. The van der Waals surface area contributed by atoms with Crippen molar-refractivity contribution in [3.63, 3.8) is 0 Å². The number of aliphatic hydroxyl groups is 1. The fourth-order valence-corrected chi connectivity index (χ4v) is 0.385. The van der Waals surface area contributed by atoms with Crippen LogP contribution in [-0.2, 0) is 9.53 Å². The van der Waals surface area contributed by atoms with Gasteiger partial charge in [-0.3, -0.25) is 15.3 Å². The molecule has 0 heterocycles. The lowest BCUT2D eigenvalue weighted by Crippen LogP contribution is -1.88. The van der Waals surface area contributed by atoms with Crippen molar-refractivity contribution in [1.82, 2.24) is 0 Å². The molecule has 0 aliphatic heterocycles. The summed E-state index contributed by atoms with van der Waals surface area (Å²) < 4.78 is 4.11. The third-order valence-corrected chi connectivity index (χ3v) is 0.954. The first-order chi connectivity index (χ1) is 7.27. The number of esters is 1. The monoisotopic (exact) mass is 218 g/mol. The minimum Gasteiger partial charge on any atom is -0.469 e. The van der Waals surface area contributed by atoms with Crippen LogP contribution in [0.3, 0.4) is 0 Å². The predicted molar refractivity (Wildman–Crippen MR) is 57.5 cm³/mol. The molecular formula is C10H18O5. The molecule has 0 bridgehead atoms. The van der Waals surface area contributed by atoms with Gasteiger partial charge in [-0.25, -0.2) is 0 Å². The summed E-state index contributed by atoms with van der Waals surface area (Å²) in [6.07, 6.45) is 0. The summed E-state index contributed by atoms with van der Waals surface area (Å²) in [6.45, 7) is 1.36. The number of hydrogen-bond donors (Lipinski definition) is 3. The average molecular weight is 218 g/mol. The fraction of sp³-hybridized carbons (Fsp3) is 0.300. The first-order valence-corrected chi connectivity index (χ1v) is 3.96. The zero-order chi connectivity index (χ0) is 12.5. The van der Waals surface area contributed by atoms with Gasteiger partial charge in [0, 0.05) is 14.0 Å². The molecule has 0 saturated carbocycles. The highest BCUT2D eigenvalue weighted by atomic mass is 17.0. The Balaban J connectivity index is -0.000000146. The third kappa shape index (κ3) is 32.5. The van der Waals surface area contributed by atoms with Crippen LogP contribution in [0.1, 0.15) is 6.92 Å². The Morgan fingerprint density at radius 2 is 1.07 bits per heavy atom. The van der Waals surface area contributed by atoms with Crippen molar-refractivity contribution in [2.75, 3.05) is 14.2 Å². The number of benzene rings is 1. The molecule has 5 heteroatoms. The summed E-state index contributed by atoms with van der Waals surface area (Å²) in [5.41, 5.74) is 0. The van der Waals surface area contributed by atoms with Gasteiger partial charge in [-0.2, -0.15) is 0 Å². The molecule has 88 valence electrons. The van der Waals surface area contributed by atoms with Gasteiger partial charge >= 0.3 is 5.97 Å². The number of hydrogen-bond acceptors (Lipinski definition) is 5. The van der Waals surface area contributed by atoms with Crippen molar-refractivity contribution >= 4 is 5.97 Å². The maximum Gasteiger partial charge on any atom is 0.302 e. The summed E-state index contributed by atoms with van der Waals surface area (Å²) >= 11 is 0. The molecule has 1 rings (SSSR count). The van der Waals surface area contributed by atoms with E-state index in [0.29, 0.717) is 0 Å². The Hall–Kier alpha value is -1.43. The molecule has 0 spiro atoms. The number of methoxy groups -OCH3 is 1. The molecule has 0 aliphatic rings. The van der Waals surface area contributed by atoms with Gasteiger partial charge in [0.15, 0.2) is 0 Å². The van der Waals surface area contributed by atoms with Gasteiger partial charge in [-0.15, -0.1) is 0 Å². The largest absolute Gasteiger partial charge is 0.469 e. The molecule has 0 fully saturated rings. The van der Waals surface area contributed by atoms with Gasteiger partial charge in [-0.1, -0.05) is 36.4 Å². The van der Waals surface area contributed by atoms with Crippen molar-refractivity contribution in [3.8, 4) is 0 Å². The zero-order valence-electron chi connectivity index (χ0n) is 9.12. The molecule has 0 atom stereocenters. The molecule has 1 aromatic carbocycles. The Bertz CT molecular complexity index is 162. The minimum atomic E-state index is -0.245. The molecule has 0 unspecified atom stereocenters. The van der Waals surface area contributed by atoms with Gasteiger partial charge < -0.3 is 9.84 Å². The van der Waals surface area contributed by atoms with E-state index < -0.39 is 0 Å². The summed E-state index contributed by atoms with van der Waals surface area (Å²) in [6, 6.07) is 12.0. The molecule has 0 saturated heterocycles. The topological polar surface area (TPSA) is 87.0 Å². The van der Waals surface area contributed by atoms with E-state index in [9.17, 15) is 4.79 Å². The summed E-state index contributed by atoms with van der Waals surface area (Å²) in [5.74, 6) is -0.245. The number of ether oxygens (including phenoxy) is 1. The van der Waals surface area contributed by atoms with Crippen LogP contribution in [0.5, 0.6) is 0 Å². The Morgan fingerprint density at radius 1 is 0.933 bits per heavy atom. The van der Waals surface area contributed by atoms with Gasteiger partial charge in [0.05, 0.1) is 7.11 Å². The van der Waals surface area contributed by atoms with Gasteiger partial charge in [0.25, 0.3) is 0 Å². The predicted octanol–water partition coefficient (Wildman–Crippen LogP) is 1.49. The highest BCUT2D eigenvalue weighted by Crippen LogP contribution is 1.79. The summed E-state index contributed by atoms with van der Waals surface area (Å²) in [5, 5.41) is 19.0. The van der Waals surface area contributed by atoms with Gasteiger partial charge in [0.2, 0.25) is 0 Å². The van der Waals surface area contributed by atoms with Crippen LogP contribution in [0.15, 0.2) is 36.4 Å². The second kappa shape index (κ2) is 22.9. The zero-order valence-corrected chi connectivity index (χ0v) is 9.12. The molecule has 0 radical (unpaired) electrons. The molecule has 0 aliphatic carbocycles. The maximum atomic E-state index is 9.59. The van der Waals surface area contributed by atoms with Gasteiger partial charge in [-0.05, 0) is 0 Å². The number of aliphatic hydroxyl groups excluding tert-OH is 1. The highest BCUT2D eigenvalue weighted by Gasteiger charge is 1.75. The second-order valence-electron chi connectivity index (χ2n) is 1.85. The first kappa shape index (κ1) is 19.2. The van der Waals surface area contributed by atoms with E-state index in [1.807, 2.05) is 36.4 Å². The number of carbonyl (C=O) groups is 1. The van der Waals surface area contributed by atoms with Crippen LogP contribution < -0.4 is 0 Å². The van der Waals surface area contributed by atoms with Crippen molar-refractivity contribution in [1.29, 1.82) is 0 Å². The first-order valence-electron chi connectivity index (χ1n) is 3.96. The van der Waals surface area contributed by atoms with E-state index in [1.165, 1.54) is 14.0 Å². The van der Waals surface area contributed by atoms with Crippen molar-refractivity contribution in [2.24, 2.45) is 0 Å². The van der Waals surface area contributed by atoms with E-state index in [1.54, 1.807) is 0 Å². The molecular weight excluding hydrogens is 200 g/mol. The van der Waals surface area contributed by atoms with Crippen LogP contribution in [0.25, 0.3) is 0 Å². The van der Waals surface area contributed by atoms with Crippen molar-refractivity contribution < 1.29 is 25.2 Å². The Morgan fingerprint density at radius 3 is 1.13 bits per heavy atom. The summed E-state index contributed by atoms with van der Waals surface area (Å²) in [7, 11) is 2.35. The molecule has 15 heavy (non-hydrogen) atoms. The van der Waals surface area contributed by atoms with Crippen molar-refractivity contribution in [2.45, 2.75) is 6.92 Å². The second-order valence-corrected chi connectivity index (χ2v) is 1.85. The molecule has 3 N–H and O–H groups in total. The normalized spacial score (nSPS) is 6.27. The van der Waals surface area contributed by atoms with E-state index in [-0.39, 0.29) is 5.97 Å². The third-order valence-electron chi connectivity index (χ3n) is 0.954. The highest BCUT2D eigenvalue weighted by molar-refractivity contribution is 5.65.